The first-order chi connectivity index (χ1) is 20.3. The molecule has 4 aromatic rings. The molecular weight excluding hydrogens is 624 g/mol. The van der Waals surface area contributed by atoms with Gasteiger partial charge in [-0.25, -0.2) is 9.79 Å². The van der Waals surface area contributed by atoms with Gasteiger partial charge in [-0.15, -0.1) is 0 Å². The lowest BCUT2D eigenvalue weighted by molar-refractivity contribution is -0.384. The number of aromatic nitrogens is 2. The van der Waals surface area contributed by atoms with Gasteiger partial charge in [0.1, 0.15) is 11.8 Å². The number of nitrogens with zero attached hydrogens (tertiary/aromatic N) is 4. The molecule has 10 nitrogen and oxygen atoms in total. The van der Waals surface area contributed by atoms with Crippen LogP contribution in [-0.4, -0.2) is 33.7 Å². The molecule has 1 aliphatic heterocycles. The Hall–Kier alpha value is -4.29. The standard InChI is InChI=1S/C30H27BrN4O6S/c1-4-7-23-26(29(37)41-5-2)27(22-16-18(31)9-14-24(22)40-3)34-28(36)25(42-30(34)32-23)17-21-8-6-15-33(21)19-10-12-20(13-11-19)35(38)39/h6,8-17,27H,4-5,7H2,1-3H3/b25-17+/t27-/m0/s1. The maximum absolute atomic E-state index is 14.1. The number of hydrogen-bond donors (Lipinski definition) is 0. The zero-order valence-electron chi connectivity index (χ0n) is 23.1. The SMILES string of the molecule is CCCC1=C(C(=O)OCC)[C@H](c2cc(Br)ccc2OC)n2c(s/c(=C/c3cccn3-c3ccc([N+](=O)[O-])cc3)c2=O)=N1. The lowest BCUT2D eigenvalue weighted by Crippen LogP contribution is -2.40. The highest BCUT2D eigenvalue weighted by molar-refractivity contribution is 9.10. The summed E-state index contributed by atoms with van der Waals surface area (Å²) in [6.07, 6.45) is 4.84. The molecule has 5 rings (SSSR count). The number of ether oxygens (including phenoxy) is 2. The molecule has 0 radical (unpaired) electrons. The van der Waals surface area contributed by atoms with Crippen molar-refractivity contribution in [3.8, 4) is 11.4 Å². The van der Waals surface area contributed by atoms with Gasteiger partial charge in [0.25, 0.3) is 11.2 Å². The summed E-state index contributed by atoms with van der Waals surface area (Å²) in [5.74, 6) is -0.0116. The summed E-state index contributed by atoms with van der Waals surface area (Å²) >= 11 is 4.76. The Bertz CT molecular complexity index is 1890. The van der Waals surface area contributed by atoms with E-state index in [2.05, 4.69) is 15.9 Å². The van der Waals surface area contributed by atoms with Gasteiger partial charge in [0.05, 0.1) is 34.4 Å². The van der Waals surface area contributed by atoms with Gasteiger partial charge >= 0.3 is 5.97 Å². The molecule has 0 saturated carbocycles. The quantitative estimate of drug-likeness (QED) is 0.142. The molecule has 2 aromatic carbocycles. The average molecular weight is 652 g/mol. The van der Waals surface area contributed by atoms with Crippen molar-refractivity contribution in [2.75, 3.05) is 13.7 Å². The van der Waals surface area contributed by atoms with E-state index < -0.39 is 16.9 Å². The molecule has 0 spiro atoms. The number of benzene rings is 2. The van der Waals surface area contributed by atoms with E-state index in [1.165, 1.54) is 28.0 Å². The highest BCUT2D eigenvalue weighted by Gasteiger charge is 2.36. The van der Waals surface area contributed by atoms with Crippen LogP contribution in [0.4, 0.5) is 5.69 Å². The molecule has 12 heteroatoms. The Kier molecular flexibility index (Phi) is 8.55. The molecule has 2 aromatic heterocycles. The van der Waals surface area contributed by atoms with Crippen molar-refractivity contribution in [2.24, 2.45) is 4.99 Å². The molecule has 0 bridgehead atoms. The van der Waals surface area contributed by atoms with E-state index >= 15 is 0 Å². The topological polar surface area (TPSA) is 118 Å². The lowest BCUT2D eigenvalue weighted by atomic mass is 9.93. The molecule has 0 aliphatic carbocycles. The fourth-order valence-electron chi connectivity index (χ4n) is 4.95. The maximum atomic E-state index is 14.1. The number of allylic oxidation sites excluding steroid dienone is 1. The van der Waals surface area contributed by atoms with Crippen molar-refractivity contribution in [3.63, 3.8) is 0 Å². The number of fused-ring (bicyclic) bond motifs is 1. The van der Waals surface area contributed by atoms with Crippen molar-refractivity contribution < 1.29 is 19.2 Å². The van der Waals surface area contributed by atoms with Gasteiger partial charge in [0.15, 0.2) is 4.80 Å². The molecule has 0 N–H and O–H groups in total. The third-order valence-corrected chi connectivity index (χ3v) is 8.25. The highest BCUT2D eigenvalue weighted by atomic mass is 79.9. The first-order valence-electron chi connectivity index (χ1n) is 13.2. The van der Waals surface area contributed by atoms with Crippen LogP contribution in [0.5, 0.6) is 5.75 Å². The van der Waals surface area contributed by atoms with Crippen LogP contribution in [0.25, 0.3) is 11.8 Å². The van der Waals surface area contributed by atoms with Crippen LogP contribution in [0.15, 0.2) is 86.3 Å². The maximum Gasteiger partial charge on any atom is 0.338 e. The van der Waals surface area contributed by atoms with Crippen molar-refractivity contribution in [3.05, 3.63) is 118 Å². The minimum Gasteiger partial charge on any atom is -0.496 e. The van der Waals surface area contributed by atoms with Gasteiger partial charge in [-0.3, -0.25) is 19.5 Å². The van der Waals surface area contributed by atoms with Crippen molar-refractivity contribution in [1.82, 2.24) is 9.13 Å². The molecule has 0 saturated heterocycles. The zero-order chi connectivity index (χ0) is 30.0. The second-order valence-corrected chi connectivity index (χ2v) is 11.3. The van der Waals surface area contributed by atoms with Gasteiger partial charge in [0.2, 0.25) is 0 Å². The average Bonchev–Trinajstić information content (AvgIpc) is 3.56. The lowest BCUT2D eigenvalue weighted by Gasteiger charge is -2.27. The Morgan fingerprint density at radius 1 is 1.19 bits per heavy atom. The second-order valence-electron chi connectivity index (χ2n) is 9.38. The molecule has 0 unspecified atom stereocenters. The number of thiazole rings is 1. The predicted octanol–water partition coefficient (Wildman–Crippen LogP) is 5.05. The number of methoxy groups -OCH3 is 1. The van der Waals surface area contributed by atoms with Crippen molar-refractivity contribution in [2.45, 2.75) is 32.7 Å². The summed E-state index contributed by atoms with van der Waals surface area (Å²) in [6, 6.07) is 14.5. The predicted molar refractivity (Wildman–Crippen MR) is 163 cm³/mol. The molecule has 0 fully saturated rings. The number of hydrogen-bond acceptors (Lipinski definition) is 8. The van der Waals surface area contributed by atoms with Gasteiger partial charge in [0, 0.05) is 39.7 Å². The first-order valence-corrected chi connectivity index (χ1v) is 14.9. The van der Waals surface area contributed by atoms with Crippen LogP contribution in [0.3, 0.4) is 0 Å². The number of nitro benzene ring substituents is 1. The number of non-ortho nitro benzene ring substituents is 1. The number of carbonyl (C=O) groups is 1. The zero-order valence-corrected chi connectivity index (χ0v) is 25.5. The van der Waals surface area contributed by atoms with E-state index in [1.807, 2.05) is 42.0 Å². The Morgan fingerprint density at radius 3 is 2.62 bits per heavy atom. The molecule has 1 aliphatic rings. The minimum absolute atomic E-state index is 0.0102. The largest absolute Gasteiger partial charge is 0.496 e. The number of nitro groups is 1. The van der Waals surface area contributed by atoms with E-state index in [4.69, 9.17) is 14.5 Å². The van der Waals surface area contributed by atoms with Gasteiger partial charge in [-0.05, 0) is 61.9 Å². The fraction of sp³-hybridized carbons (Fsp3) is 0.233. The molecular formula is C30H27BrN4O6S. The fourth-order valence-corrected chi connectivity index (χ4v) is 6.33. The van der Waals surface area contributed by atoms with E-state index in [0.717, 1.165) is 10.9 Å². The summed E-state index contributed by atoms with van der Waals surface area (Å²) in [4.78, 5) is 43.5. The van der Waals surface area contributed by atoms with Crippen molar-refractivity contribution in [1.29, 1.82) is 0 Å². The molecule has 1 atom stereocenters. The van der Waals surface area contributed by atoms with Crippen molar-refractivity contribution >= 4 is 45.0 Å². The number of carbonyl (C=O) groups excluding carboxylic acids is 1. The minimum atomic E-state index is -0.821. The highest BCUT2D eigenvalue weighted by Crippen LogP contribution is 2.38. The first kappa shape index (κ1) is 29.2. The van der Waals surface area contributed by atoms with Gasteiger partial charge in [-0.2, -0.15) is 0 Å². The third kappa shape index (κ3) is 5.47. The van der Waals surface area contributed by atoms with Crippen LogP contribution in [0.2, 0.25) is 0 Å². The van der Waals surface area contributed by atoms with Crippen LogP contribution < -0.4 is 19.6 Å². The van der Waals surface area contributed by atoms with E-state index in [0.29, 0.717) is 49.7 Å². The summed E-state index contributed by atoms with van der Waals surface area (Å²) in [6.45, 7) is 3.91. The van der Waals surface area contributed by atoms with Gasteiger partial charge in [-0.1, -0.05) is 40.6 Å². The van der Waals surface area contributed by atoms with Crippen LogP contribution in [0.1, 0.15) is 44.0 Å². The number of rotatable bonds is 9. The summed E-state index contributed by atoms with van der Waals surface area (Å²) < 4.78 is 15.7. The summed E-state index contributed by atoms with van der Waals surface area (Å²) in [7, 11) is 1.55. The summed E-state index contributed by atoms with van der Waals surface area (Å²) in [5.41, 5.74) is 2.58. The van der Waals surface area contributed by atoms with Crippen LogP contribution >= 0.6 is 27.3 Å². The molecule has 42 heavy (non-hydrogen) atoms. The molecule has 216 valence electrons. The molecule has 3 heterocycles. The van der Waals surface area contributed by atoms with Gasteiger partial charge < -0.3 is 14.0 Å². The number of esters is 1. The Labute approximate surface area is 253 Å². The second kappa shape index (κ2) is 12.3. The van der Waals surface area contributed by atoms with Crippen LogP contribution in [0, 0.1) is 10.1 Å². The smallest absolute Gasteiger partial charge is 0.338 e. The van der Waals surface area contributed by atoms with Crippen LogP contribution in [-0.2, 0) is 9.53 Å². The van der Waals surface area contributed by atoms with E-state index in [1.54, 1.807) is 38.3 Å². The van der Waals surface area contributed by atoms with E-state index in [9.17, 15) is 19.7 Å². The normalized spacial score (nSPS) is 14.9. The summed E-state index contributed by atoms with van der Waals surface area (Å²) in [5, 5.41) is 11.1. The Morgan fingerprint density at radius 2 is 1.95 bits per heavy atom. The third-order valence-electron chi connectivity index (χ3n) is 6.78. The monoisotopic (exact) mass is 650 g/mol. The van der Waals surface area contributed by atoms with E-state index in [-0.39, 0.29) is 17.9 Å². The number of halogens is 1. The Balaban J connectivity index is 1.73. The molecule has 0 amide bonds.